The number of pyridine rings is 1. The van der Waals surface area contributed by atoms with Gasteiger partial charge >= 0.3 is 0 Å². The van der Waals surface area contributed by atoms with Crippen LogP contribution in [0.5, 0.6) is 0 Å². The molecule has 88 valence electrons. The van der Waals surface area contributed by atoms with E-state index in [0.29, 0.717) is 0 Å². The Balaban J connectivity index is 2.13. The highest BCUT2D eigenvalue weighted by Gasteiger charge is 2.01. The van der Waals surface area contributed by atoms with Crippen molar-refractivity contribution in [2.45, 2.75) is 0 Å². The molecule has 0 aliphatic heterocycles. The Morgan fingerprint density at radius 3 is 2.56 bits per heavy atom. The molecular formula is C16H14N2. The minimum Gasteiger partial charge on any atom is -0.388 e. The molecule has 0 bridgehead atoms. The van der Waals surface area contributed by atoms with Crippen molar-refractivity contribution < 1.29 is 0 Å². The van der Waals surface area contributed by atoms with Gasteiger partial charge in [-0.05, 0) is 29.0 Å². The summed E-state index contributed by atoms with van der Waals surface area (Å²) in [6, 6.07) is 18.8. The Bertz CT molecular complexity index is 689. The average Bonchev–Trinajstić information content (AvgIpc) is 2.47. The first-order valence-corrected chi connectivity index (χ1v) is 6.00. The van der Waals surface area contributed by atoms with Crippen molar-refractivity contribution in [3.8, 4) is 11.3 Å². The van der Waals surface area contributed by atoms with E-state index in [1.165, 1.54) is 10.8 Å². The SMILES string of the molecule is CNc1ccnc(-c2ccc3ccccc3c2)c1. The summed E-state index contributed by atoms with van der Waals surface area (Å²) < 4.78 is 0. The molecule has 18 heavy (non-hydrogen) atoms. The first-order valence-electron chi connectivity index (χ1n) is 6.00. The van der Waals surface area contributed by atoms with E-state index in [0.717, 1.165) is 16.9 Å². The van der Waals surface area contributed by atoms with Crippen LogP contribution < -0.4 is 5.32 Å². The van der Waals surface area contributed by atoms with Crippen molar-refractivity contribution in [1.82, 2.24) is 4.98 Å². The molecule has 0 unspecified atom stereocenters. The second kappa shape index (κ2) is 4.49. The average molecular weight is 234 g/mol. The highest BCUT2D eigenvalue weighted by Crippen LogP contribution is 2.24. The molecule has 2 nitrogen and oxygen atoms in total. The van der Waals surface area contributed by atoms with Gasteiger partial charge in [0.2, 0.25) is 0 Å². The van der Waals surface area contributed by atoms with E-state index in [-0.39, 0.29) is 0 Å². The molecule has 0 aliphatic carbocycles. The molecule has 0 spiro atoms. The Kier molecular flexibility index (Phi) is 2.69. The van der Waals surface area contributed by atoms with Crippen LogP contribution in [0.25, 0.3) is 22.0 Å². The van der Waals surface area contributed by atoms with Gasteiger partial charge in [0, 0.05) is 24.5 Å². The largest absolute Gasteiger partial charge is 0.388 e. The number of nitrogens with one attached hydrogen (secondary N) is 1. The summed E-state index contributed by atoms with van der Waals surface area (Å²) in [5, 5.41) is 5.63. The molecule has 0 aliphatic rings. The molecule has 0 amide bonds. The lowest BCUT2D eigenvalue weighted by Gasteiger charge is -2.05. The van der Waals surface area contributed by atoms with Gasteiger partial charge < -0.3 is 5.32 Å². The number of hydrogen-bond acceptors (Lipinski definition) is 2. The van der Waals surface area contributed by atoms with Gasteiger partial charge in [-0.3, -0.25) is 4.98 Å². The molecule has 0 saturated heterocycles. The normalized spacial score (nSPS) is 10.5. The highest BCUT2D eigenvalue weighted by atomic mass is 14.8. The molecule has 2 aromatic carbocycles. The van der Waals surface area contributed by atoms with Gasteiger partial charge in [-0.25, -0.2) is 0 Å². The lowest BCUT2D eigenvalue weighted by Crippen LogP contribution is -1.90. The predicted molar refractivity (Wildman–Crippen MR) is 76.7 cm³/mol. The van der Waals surface area contributed by atoms with E-state index in [1.54, 1.807) is 0 Å². The van der Waals surface area contributed by atoms with Crippen LogP contribution in [0.3, 0.4) is 0 Å². The van der Waals surface area contributed by atoms with Gasteiger partial charge in [-0.1, -0.05) is 36.4 Å². The van der Waals surface area contributed by atoms with Crippen LogP contribution in [0.4, 0.5) is 5.69 Å². The molecule has 0 saturated carbocycles. The molecule has 0 atom stereocenters. The second-order valence-electron chi connectivity index (χ2n) is 4.24. The topological polar surface area (TPSA) is 24.9 Å². The summed E-state index contributed by atoms with van der Waals surface area (Å²) in [6.45, 7) is 0. The minimum atomic E-state index is 0.993. The molecule has 2 heteroatoms. The van der Waals surface area contributed by atoms with Crippen molar-refractivity contribution in [2.24, 2.45) is 0 Å². The highest BCUT2D eigenvalue weighted by molar-refractivity contribution is 5.87. The van der Waals surface area contributed by atoms with Crippen LogP contribution in [-0.4, -0.2) is 12.0 Å². The number of rotatable bonds is 2. The molecule has 1 aromatic heterocycles. The Morgan fingerprint density at radius 2 is 1.72 bits per heavy atom. The van der Waals surface area contributed by atoms with Gasteiger partial charge in [0.05, 0.1) is 5.69 Å². The monoisotopic (exact) mass is 234 g/mol. The fourth-order valence-corrected chi connectivity index (χ4v) is 2.09. The van der Waals surface area contributed by atoms with Crippen LogP contribution in [0.15, 0.2) is 60.8 Å². The predicted octanol–water partition coefficient (Wildman–Crippen LogP) is 3.94. The van der Waals surface area contributed by atoms with Gasteiger partial charge in [0.1, 0.15) is 0 Å². The molecule has 0 radical (unpaired) electrons. The second-order valence-corrected chi connectivity index (χ2v) is 4.24. The van der Waals surface area contributed by atoms with Crippen LogP contribution in [0, 0.1) is 0 Å². The van der Waals surface area contributed by atoms with Crippen LogP contribution in [0.2, 0.25) is 0 Å². The van der Waals surface area contributed by atoms with E-state index in [2.05, 4.69) is 58.8 Å². The Labute approximate surface area is 106 Å². The fraction of sp³-hybridized carbons (Fsp3) is 0.0625. The van der Waals surface area contributed by atoms with Crippen molar-refractivity contribution in [3.63, 3.8) is 0 Å². The lowest BCUT2D eigenvalue weighted by atomic mass is 10.0. The molecule has 0 fully saturated rings. The third kappa shape index (κ3) is 1.93. The van der Waals surface area contributed by atoms with E-state index < -0.39 is 0 Å². The summed E-state index contributed by atoms with van der Waals surface area (Å²) in [6.07, 6.45) is 1.83. The quantitative estimate of drug-likeness (QED) is 0.726. The molecule has 3 aromatic rings. The first kappa shape index (κ1) is 10.8. The third-order valence-electron chi connectivity index (χ3n) is 3.09. The summed E-state index contributed by atoms with van der Waals surface area (Å²) >= 11 is 0. The zero-order valence-electron chi connectivity index (χ0n) is 10.2. The maximum Gasteiger partial charge on any atom is 0.0722 e. The number of nitrogens with zero attached hydrogens (tertiary/aromatic N) is 1. The zero-order valence-corrected chi connectivity index (χ0v) is 10.2. The summed E-state index contributed by atoms with van der Waals surface area (Å²) in [7, 11) is 1.92. The van der Waals surface area contributed by atoms with Gasteiger partial charge in [-0.15, -0.1) is 0 Å². The van der Waals surface area contributed by atoms with Crippen molar-refractivity contribution in [2.75, 3.05) is 12.4 Å². The van der Waals surface area contributed by atoms with Gasteiger partial charge in [-0.2, -0.15) is 0 Å². The third-order valence-corrected chi connectivity index (χ3v) is 3.09. The van der Waals surface area contributed by atoms with Crippen molar-refractivity contribution in [1.29, 1.82) is 0 Å². The lowest BCUT2D eigenvalue weighted by molar-refractivity contribution is 1.32. The summed E-state index contributed by atoms with van der Waals surface area (Å²) in [4.78, 5) is 4.42. The summed E-state index contributed by atoms with van der Waals surface area (Å²) in [5.74, 6) is 0. The molecule has 1 heterocycles. The van der Waals surface area contributed by atoms with Crippen molar-refractivity contribution in [3.05, 3.63) is 60.8 Å². The van der Waals surface area contributed by atoms with Crippen molar-refractivity contribution >= 4 is 16.5 Å². The maximum atomic E-state index is 4.42. The first-order chi connectivity index (χ1) is 8.86. The number of anilines is 1. The van der Waals surface area contributed by atoms with E-state index in [9.17, 15) is 0 Å². The van der Waals surface area contributed by atoms with E-state index in [4.69, 9.17) is 0 Å². The number of aromatic nitrogens is 1. The Morgan fingerprint density at radius 1 is 0.889 bits per heavy atom. The zero-order chi connectivity index (χ0) is 12.4. The van der Waals surface area contributed by atoms with Gasteiger partial charge in [0.15, 0.2) is 0 Å². The number of benzene rings is 2. The van der Waals surface area contributed by atoms with Gasteiger partial charge in [0.25, 0.3) is 0 Å². The molecule has 1 N–H and O–H groups in total. The Hall–Kier alpha value is -2.35. The molecular weight excluding hydrogens is 220 g/mol. The number of fused-ring (bicyclic) bond motifs is 1. The van der Waals surface area contributed by atoms with Crippen LogP contribution in [-0.2, 0) is 0 Å². The molecule has 3 rings (SSSR count). The maximum absolute atomic E-state index is 4.42. The van der Waals surface area contributed by atoms with E-state index >= 15 is 0 Å². The summed E-state index contributed by atoms with van der Waals surface area (Å²) in [5.41, 5.74) is 3.21. The number of hydrogen-bond donors (Lipinski definition) is 1. The fourth-order valence-electron chi connectivity index (χ4n) is 2.09. The van der Waals surface area contributed by atoms with Crippen LogP contribution in [0.1, 0.15) is 0 Å². The van der Waals surface area contributed by atoms with Crippen LogP contribution >= 0.6 is 0 Å². The standard InChI is InChI=1S/C16H14N2/c1-17-15-8-9-18-16(11-15)14-7-6-12-4-2-3-5-13(12)10-14/h2-11H,1H3,(H,17,18). The minimum absolute atomic E-state index is 0.993. The smallest absolute Gasteiger partial charge is 0.0722 e. The van der Waals surface area contributed by atoms with E-state index in [1.807, 2.05) is 19.3 Å².